The van der Waals surface area contributed by atoms with E-state index < -0.39 is 11.4 Å². The third-order valence-electron chi connectivity index (χ3n) is 2.65. The van der Waals surface area contributed by atoms with Gasteiger partial charge in [-0.3, -0.25) is 14.4 Å². The van der Waals surface area contributed by atoms with E-state index in [2.05, 4.69) is 0 Å². The molecular weight excluding hydrogens is 208 g/mol. The van der Waals surface area contributed by atoms with Gasteiger partial charge in [-0.2, -0.15) is 0 Å². The molecule has 0 unspecified atom stereocenters. The molecule has 86 valence electrons. The Bertz CT molecular complexity index is 424. The third-order valence-corrected chi connectivity index (χ3v) is 2.65. The average molecular weight is 222 g/mol. The molecule has 1 aliphatic carbocycles. The second-order valence-electron chi connectivity index (χ2n) is 4.52. The Labute approximate surface area is 93.6 Å². The summed E-state index contributed by atoms with van der Waals surface area (Å²) in [7, 11) is 0. The van der Waals surface area contributed by atoms with Crippen LogP contribution in [0.1, 0.15) is 27.2 Å². The second kappa shape index (κ2) is 4.04. The molecule has 0 aromatic rings. The molecule has 0 spiro atoms. The van der Waals surface area contributed by atoms with Crippen LogP contribution in [0.25, 0.3) is 0 Å². The number of hydrogen-bond acceptors (Lipinski definition) is 3. The van der Waals surface area contributed by atoms with Crippen molar-refractivity contribution in [1.82, 2.24) is 0 Å². The Hall–Kier alpha value is -1.71. The van der Waals surface area contributed by atoms with Gasteiger partial charge in [-0.25, -0.2) is 0 Å². The van der Waals surface area contributed by atoms with E-state index >= 15 is 0 Å². The molecule has 0 amide bonds. The molecule has 1 aliphatic rings. The third kappa shape index (κ3) is 2.27. The zero-order valence-corrected chi connectivity index (χ0v) is 9.53. The van der Waals surface area contributed by atoms with Crippen LogP contribution in [0.5, 0.6) is 0 Å². The first-order valence-corrected chi connectivity index (χ1v) is 4.95. The molecule has 0 aliphatic heterocycles. The Morgan fingerprint density at radius 2 is 1.75 bits per heavy atom. The maximum atomic E-state index is 11.7. The van der Waals surface area contributed by atoms with Gasteiger partial charge >= 0.3 is 5.97 Å². The van der Waals surface area contributed by atoms with E-state index in [1.807, 2.05) is 0 Å². The van der Waals surface area contributed by atoms with Crippen LogP contribution in [0.3, 0.4) is 0 Å². The highest BCUT2D eigenvalue weighted by atomic mass is 16.4. The minimum atomic E-state index is -0.986. The molecule has 1 rings (SSSR count). The van der Waals surface area contributed by atoms with Gasteiger partial charge in [0.15, 0.2) is 11.6 Å². The first-order valence-electron chi connectivity index (χ1n) is 4.95. The van der Waals surface area contributed by atoms with Gasteiger partial charge in [0, 0.05) is 16.6 Å². The highest BCUT2D eigenvalue weighted by Gasteiger charge is 2.34. The summed E-state index contributed by atoms with van der Waals surface area (Å²) in [6.07, 6.45) is 2.25. The van der Waals surface area contributed by atoms with Gasteiger partial charge in [0.1, 0.15) is 0 Å². The number of carboxylic acid groups (broad SMARTS) is 1. The standard InChI is InChI=1S/C12H14O4/c1-7-8(13)4-5-9(14)11(7)12(2,3)6-10(15)16/h4-5H,6H2,1-3H3,(H,15,16). The van der Waals surface area contributed by atoms with Crippen LogP contribution in [0.2, 0.25) is 0 Å². The number of ketones is 2. The summed E-state index contributed by atoms with van der Waals surface area (Å²) in [4.78, 5) is 33.8. The largest absolute Gasteiger partial charge is 0.481 e. The topological polar surface area (TPSA) is 71.4 Å². The summed E-state index contributed by atoms with van der Waals surface area (Å²) in [5, 5.41) is 8.78. The molecule has 0 aromatic heterocycles. The van der Waals surface area contributed by atoms with Crippen LogP contribution in [0.4, 0.5) is 0 Å². The minimum Gasteiger partial charge on any atom is -0.481 e. The molecule has 4 heteroatoms. The lowest BCUT2D eigenvalue weighted by Gasteiger charge is -2.27. The van der Waals surface area contributed by atoms with Crippen LogP contribution in [-0.4, -0.2) is 22.6 Å². The van der Waals surface area contributed by atoms with E-state index in [4.69, 9.17) is 5.11 Å². The normalized spacial score (nSPS) is 16.9. The molecule has 1 N–H and O–H groups in total. The molecule has 0 atom stereocenters. The smallest absolute Gasteiger partial charge is 0.304 e. The van der Waals surface area contributed by atoms with Crippen molar-refractivity contribution < 1.29 is 19.5 Å². The first-order chi connectivity index (χ1) is 7.25. The summed E-state index contributed by atoms with van der Waals surface area (Å²) >= 11 is 0. The molecule has 0 fully saturated rings. The molecular formula is C12H14O4. The van der Waals surface area contributed by atoms with Gasteiger partial charge in [0.2, 0.25) is 0 Å². The number of aliphatic carboxylic acids is 1. The van der Waals surface area contributed by atoms with Gasteiger partial charge in [0.05, 0.1) is 6.42 Å². The summed E-state index contributed by atoms with van der Waals surface area (Å²) in [5.41, 5.74) is -0.172. The second-order valence-corrected chi connectivity index (χ2v) is 4.52. The highest BCUT2D eigenvalue weighted by Crippen LogP contribution is 2.35. The molecule has 0 saturated carbocycles. The first kappa shape index (κ1) is 12.4. The SMILES string of the molecule is CC1=C(C(C)(C)CC(=O)O)C(=O)C=CC1=O. The Morgan fingerprint density at radius 3 is 2.25 bits per heavy atom. The number of rotatable bonds is 3. The number of hydrogen-bond donors (Lipinski definition) is 1. The quantitative estimate of drug-likeness (QED) is 0.735. The fourth-order valence-electron chi connectivity index (χ4n) is 1.98. The summed E-state index contributed by atoms with van der Waals surface area (Å²) < 4.78 is 0. The van der Waals surface area contributed by atoms with Crippen molar-refractivity contribution in [2.24, 2.45) is 5.41 Å². The monoisotopic (exact) mass is 222 g/mol. The number of allylic oxidation sites excluding steroid dienone is 4. The Balaban J connectivity index is 3.19. The lowest BCUT2D eigenvalue weighted by Crippen LogP contribution is -2.28. The van der Waals surface area contributed by atoms with Crippen LogP contribution in [-0.2, 0) is 14.4 Å². The highest BCUT2D eigenvalue weighted by molar-refractivity contribution is 6.20. The van der Waals surface area contributed by atoms with Crippen molar-refractivity contribution in [2.75, 3.05) is 0 Å². The maximum absolute atomic E-state index is 11.7. The van der Waals surface area contributed by atoms with E-state index in [0.717, 1.165) is 0 Å². The van der Waals surface area contributed by atoms with Crippen molar-refractivity contribution in [3.8, 4) is 0 Å². The number of carbonyl (C=O) groups excluding carboxylic acids is 2. The molecule has 4 nitrogen and oxygen atoms in total. The molecule has 16 heavy (non-hydrogen) atoms. The summed E-state index contributed by atoms with van der Waals surface area (Å²) in [5.74, 6) is -1.49. The zero-order chi connectivity index (χ0) is 12.5. The molecule has 0 saturated heterocycles. The van der Waals surface area contributed by atoms with Crippen LogP contribution in [0, 0.1) is 5.41 Å². The van der Waals surface area contributed by atoms with Gasteiger partial charge in [-0.05, 0) is 19.1 Å². The molecule has 0 radical (unpaired) electrons. The minimum absolute atomic E-state index is 0.174. The molecule has 0 bridgehead atoms. The maximum Gasteiger partial charge on any atom is 0.304 e. The zero-order valence-electron chi connectivity index (χ0n) is 9.53. The van der Waals surface area contributed by atoms with Gasteiger partial charge in [0.25, 0.3) is 0 Å². The Morgan fingerprint density at radius 1 is 1.25 bits per heavy atom. The Kier molecular flexibility index (Phi) is 3.12. The molecule has 0 aromatic carbocycles. The van der Waals surface area contributed by atoms with Gasteiger partial charge < -0.3 is 5.11 Å². The summed E-state index contributed by atoms with van der Waals surface area (Å²) in [6.45, 7) is 4.87. The average Bonchev–Trinajstić information content (AvgIpc) is 2.09. The fraction of sp³-hybridized carbons (Fsp3) is 0.417. The van der Waals surface area contributed by atoms with E-state index in [0.29, 0.717) is 11.1 Å². The van der Waals surface area contributed by atoms with Crippen LogP contribution < -0.4 is 0 Å². The predicted molar refractivity (Wildman–Crippen MR) is 57.9 cm³/mol. The van der Waals surface area contributed by atoms with Crippen molar-refractivity contribution in [3.05, 3.63) is 23.3 Å². The lowest BCUT2D eigenvalue weighted by atomic mass is 9.74. The van der Waals surface area contributed by atoms with E-state index in [1.165, 1.54) is 12.2 Å². The van der Waals surface area contributed by atoms with E-state index in [9.17, 15) is 14.4 Å². The van der Waals surface area contributed by atoms with Crippen molar-refractivity contribution in [1.29, 1.82) is 0 Å². The number of carbonyl (C=O) groups is 3. The van der Waals surface area contributed by atoms with E-state index in [1.54, 1.807) is 20.8 Å². The predicted octanol–water partition coefficient (Wildman–Crippen LogP) is 1.51. The van der Waals surface area contributed by atoms with Crippen LogP contribution in [0.15, 0.2) is 23.3 Å². The van der Waals surface area contributed by atoms with Crippen molar-refractivity contribution >= 4 is 17.5 Å². The summed E-state index contributed by atoms with van der Waals surface area (Å²) in [6, 6.07) is 0. The van der Waals surface area contributed by atoms with Gasteiger partial charge in [-0.1, -0.05) is 13.8 Å². The number of carboxylic acids is 1. The molecule has 0 heterocycles. The van der Waals surface area contributed by atoms with Crippen molar-refractivity contribution in [3.63, 3.8) is 0 Å². The fourth-order valence-corrected chi connectivity index (χ4v) is 1.98. The lowest BCUT2D eigenvalue weighted by molar-refractivity contribution is -0.138. The van der Waals surface area contributed by atoms with Gasteiger partial charge in [-0.15, -0.1) is 0 Å². The van der Waals surface area contributed by atoms with E-state index in [-0.39, 0.29) is 18.0 Å². The van der Waals surface area contributed by atoms with Crippen LogP contribution >= 0.6 is 0 Å². The van der Waals surface area contributed by atoms with Crippen molar-refractivity contribution in [2.45, 2.75) is 27.2 Å².